The van der Waals surface area contributed by atoms with Gasteiger partial charge in [0.25, 0.3) is 0 Å². The van der Waals surface area contributed by atoms with Gasteiger partial charge in [-0.2, -0.15) is 0 Å². The molecule has 0 aliphatic heterocycles. The van der Waals surface area contributed by atoms with Crippen LogP contribution in [0.25, 0.3) is 0 Å². The van der Waals surface area contributed by atoms with E-state index in [1.165, 1.54) is 5.34 Å². The summed E-state index contributed by atoms with van der Waals surface area (Å²) in [6, 6.07) is 0. The zero-order valence-corrected chi connectivity index (χ0v) is 4.81. The summed E-state index contributed by atoms with van der Waals surface area (Å²) in [7, 11) is 9.34. The quantitative estimate of drug-likeness (QED) is 0.350. The number of hydrogen-bond acceptors (Lipinski definition) is 2. The molecule has 0 aliphatic rings. The van der Waals surface area contributed by atoms with E-state index in [-0.39, 0.29) is 0 Å². The molecule has 0 aromatic carbocycles. The fourth-order valence-electron chi connectivity index (χ4n) is 0. The molecule has 6 heteroatoms. The van der Waals surface area contributed by atoms with E-state index >= 15 is 0 Å². The van der Waals surface area contributed by atoms with E-state index in [1.807, 2.05) is 0 Å². The van der Waals surface area contributed by atoms with Crippen molar-refractivity contribution in [2.24, 2.45) is 5.34 Å². The van der Waals surface area contributed by atoms with E-state index in [4.69, 9.17) is 10.1 Å². The third kappa shape index (κ3) is 221. The molecule has 0 aliphatic carbocycles. The third-order valence-corrected chi connectivity index (χ3v) is 0. The van der Waals surface area contributed by atoms with Crippen LogP contribution in [0.3, 0.4) is 0 Å². The Morgan fingerprint density at radius 2 is 1.67 bits per heavy atom. The van der Waals surface area contributed by atoms with Crippen LogP contribution in [0.5, 0.6) is 0 Å². The monoisotopic (exact) mass is 180 g/mol. The van der Waals surface area contributed by atoms with Crippen molar-refractivity contribution in [3.8, 4) is 0 Å². The van der Waals surface area contributed by atoms with E-state index in [0.29, 0.717) is 0 Å². The van der Waals surface area contributed by atoms with Gasteiger partial charge in [0.05, 0.1) is 0 Å². The summed E-state index contributed by atoms with van der Waals surface area (Å²) in [6.07, 6.45) is 0. The molecule has 0 radical (unpaired) electrons. The van der Waals surface area contributed by atoms with Crippen LogP contribution in [0.4, 0.5) is 0 Å². The van der Waals surface area contributed by atoms with E-state index in [1.54, 1.807) is 0 Å². The van der Waals surface area contributed by atoms with Gasteiger partial charge < -0.3 is 5.21 Å². The van der Waals surface area contributed by atoms with Gasteiger partial charge in [0.2, 0.25) is 0 Å². The standard InChI is InChI=1S/2ClH.Cu.HNO2/c;;;2-1-3/h2*1H;;(H,2,3)/q;;+2;/p-2. The van der Waals surface area contributed by atoms with Gasteiger partial charge in [-0.15, -0.1) is 4.91 Å². The van der Waals surface area contributed by atoms with Crippen LogP contribution in [0.2, 0.25) is 0 Å². The average molecular weight is 181 g/mol. The van der Waals surface area contributed by atoms with Gasteiger partial charge in [-0.05, 0) is 0 Å². The maximum absolute atomic E-state index is 8.11. The van der Waals surface area contributed by atoms with Gasteiger partial charge in [0.15, 0.2) is 5.34 Å². The van der Waals surface area contributed by atoms with Gasteiger partial charge in [-0.3, -0.25) is 0 Å². The molecule has 0 saturated carbocycles. The molecular weight excluding hydrogens is 180 g/mol. The van der Waals surface area contributed by atoms with Crippen molar-refractivity contribution >= 4 is 20.2 Å². The van der Waals surface area contributed by atoms with Crippen molar-refractivity contribution in [3.05, 3.63) is 4.91 Å². The topological polar surface area (TPSA) is 49.7 Å². The molecule has 0 heterocycles. The third-order valence-electron chi connectivity index (χ3n) is 0. The van der Waals surface area contributed by atoms with Crippen LogP contribution < -0.4 is 0 Å². The minimum atomic E-state index is 0.757. The molecule has 0 aromatic rings. The van der Waals surface area contributed by atoms with E-state index in [0.717, 1.165) is 13.1 Å². The first-order valence-corrected chi connectivity index (χ1v) is 3.20. The number of nitrogens with zero attached hydrogens (tertiary/aromatic N) is 1. The van der Waals surface area contributed by atoms with Crippen molar-refractivity contribution in [3.63, 3.8) is 0 Å². The summed E-state index contributed by atoms with van der Waals surface area (Å²) in [5.74, 6) is 0. The molecular formula is HCl2CuNO2. The Balaban J connectivity index is 0. The first-order chi connectivity index (χ1) is 2.83. The molecule has 6 heavy (non-hydrogen) atoms. The molecule has 3 nitrogen and oxygen atoms in total. The Morgan fingerprint density at radius 3 is 1.67 bits per heavy atom. The van der Waals surface area contributed by atoms with E-state index < -0.39 is 0 Å². The van der Waals surface area contributed by atoms with Crippen molar-refractivity contribution in [1.29, 1.82) is 0 Å². The van der Waals surface area contributed by atoms with Crippen LogP contribution in [-0.2, 0) is 13.1 Å². The Morgan fingerprint density at radius 1 is 1.67 bits per heavy atom. The SMILES string of the molecule is O=NO.[Cl][Cu][Cl]. The molecule has 43 valence electrons. The summed E-state index contributed by atoms with van der Waals surface area (Å²) in [6.45, 7) is 0. The molecule has 0 atom stereocenters. The fourth-order valence-corrected chi connectivity index (χ4v) is 0. The zero-order chi connectivity index (χ0) is 5.41. The fraction of sp³-hybridized carbons (Fsp3) is 0. The second kappa shape index (κ2) is 17.8. The predicted octanol–water partition coefficient (Wildman–Crippen LogP) is 1.52. The van der Waals surface area contributed by atoms with E-state index in [9.17, 15) is 0 Å². The molecule has 0 saturated heterocycles. The summed E-state index contributed by atoms with van der Waals surface area (Å²) in [4.78, 5) is 8.11. The molecule has 0 aromatic heterocycles. The van der Waals surface area contributed by atoms with E-state index in [2.05, 4.69) is 20.2 Å². The second-order valence-electron chi connectivity index (χ2n) is 0.125. The second-order valence-corrected chi connectivity index (χ2v) is 1.68. The van der Waals surface area contributed by atoms with Gasteiger partial charge in [-0.1, -0.05) is 0 Å². The number of halogens is 2. The van der Waals surface area contributed by atoms with Crippen LogP contribution >= 0.6 is 20.2 Å². The molecule has 1 N–H and O–H groups in total. The molecule has 0 bridgehead atoms. The van der Waals surface area contributed by atoms with Gasteiger partial charge >= 0.3 is 33.3 Å². The number of hydrogen-bond donors (Lipinski definition) is 1. The van der Waals surface area contributed by atoms with Crippen molar-refractivity contribution in [2.45, 2.75) is 0 Å². The van der Waals surface area contributed by atoms with Crippen molar-refractivity contribution in [1.82, 2.24) is 0 Å². The van der Waals surface area contributed by atoms with Gasteiger partial charge in [0, 0.05) is 0 Å². The summed E-state index contributed by atoms with van der Waals surface area (Å²) in [5.41, 5.74) is 0. The first kappa shape index (κ1) is 9.71. The van der Waals surface area contributed by atoms with Crippen molar-refractivity contribution in [2.75, 3.05) is 0 Å². The molecule has 0 fully saturated rings. The minimum absolute atomic E-state index is 0.757. The maximum atomic E-state index is 8.11. The average Bonchev–Trinajstić information content (AvgIpc) is 1.39. The zero-order valence-electron chi connectivity index (χ0n) is 2.36. The Labute approximate surface area is 49.2 Å². The Bertz CT molecular complexity index is 25.5. The summed E-state index contributed by atoms with van der Waals surface area (Å²) >= 11 is 0.757. The van der Waals surface area contributed by atoms with Crippen LogP contribution in [-0.4, -0.2) is 5.21 Å². The first-order valence-electron chi connectivity index (χ1n) is 0.610. The summed E-state index contributed by atoms with van der Waals surface area (Å²) < 4.78 is 0. The van der Waals surface area contributed by atoms with Gasteiger partial charge in [-0.25, -0.2) is 0 Å². The molecule has 0 rings (SSSR count). The molecule has 0 unspecified atom stereocenters. The van der Waals surface area contributed by atoms with Crippen LogP contribution in [0.1, 0.15) is 0 Å². The van der Waals surface area contributed by atoms with Crippen LogP contribution in [0.15, 0.2) is 5.34 Å². The van der Waals surface area contributed by atoms with Gasteiger partial charge in [0.1, 0.15) is 0 Å². The predicted molar refractivity (Wildman–Crippen MR) is 19.3 cm³/mol. The molecule has 0 spiro atoms. The summed E-state index contributed by atoms with van der Waals surface area (Å²) in [5, 5.41) is 7.89. The molecule has 0 amide bonds. The Hall–Kier alpha value is 0.499. The normalized spacial score (nSPS) is 5.67. The number of rotatable bonds is 0. The Kier molecular flexibility index (Phi) is 28.8. The van der Waals surface area contributed by atoms with Crippen LogP contribution in [0, 0.1) is 4.91 Å². The van der Waals surface area contributed by atoms with Crippen molar-refractivity contribution < 1.29 is 18.3 Å².